The second-order valence-electron chi connectivity index (χ2n) is 3.71. The van der Waals surface area contributed by atoms with Crippen molar-refractivity contribution in [3.63, 3.8) is 0 Å². The second kappa shape index (κ2) is 4.31. The van der Waals surface area contributed by atoms with Crippen LogP contribution in [0.3, 0.4) is 0 Å². The normalized spacial score (nSPS) is 10.2. The van der Waals surface area contributed by atoms with Crippen LogP contribution in [0.4, 0.5) is 0 Å². The molecule has 1 heterocycles. The molecule has 0 atom stereocenters. The third-order valence-corrected chi connectivity index (χ3v) is 2.73. The van der Waals surface area contributed by atoms with Crippen molar-refractivity contribution in [2.75, 3.05) is 7.11 Å². The van der Waals surface area contributed by atoms with Gasteiger partial charge in [-0.1, -0.05) is 18.2 Å². The first-order valence-corrected chi connectivity index (χ1v) is 5.15. The molecule has 0 aliphatic rings. The lowest BCUT2D eigenvalue weighted by Crippen LogP contribution is -1.93. The van der Waals surface area contributed by atoms with Crippen molar-refractivity contribution in [2.45, 2.75) is 13.8 Å². The highest BCUT2D eigenvalue weighted by atomic mass is 16.5. The molecule has 2 aromatic rings. The molecule has 0 saturated carbocycles. The molecule has 2 rings (SSSR count). The fourth-order valence-electron chi connectivity index (χ4n) is 1.62. The van der Waals surface area contributed by atoms with Gasteiger partial charge in [0, 0.05) is 18.0 Å². The summed E-state index contributed by atoms with van der Waals surface area (Å²) in [6.07, 6.45) is 3.57. The third kappa shape index (κ3) is 1.89. The lowest BCUT2D eigenvalue weighted by molar-refractivity contribution is 0.380. The zero-order valence-electron chi connectivity index (χ0n) is 9.69. The van der Waals surface area contributed by atoms with Crippen molar-refractivity contribution in [3.8, 4) is 17.1 Å². The molecule has 0 fully saturated rings. The molecule has 0 radical (unpaired) electrons. The first-order chi connectivity index (χ1) is 7.72. The predicted octanol–water partition coefficient (Wildman–Crippen LogP) is 2.77. The van der Waals surface area contributed by atoms with Crippen molar-refractivity contribution < 1.29 is 4.74 Å². The van der Waals surface area contributed by atoms with E-state index in [-0.39, 0.29) is 0 Å². The van der Waals surface area contributed by atoms with Crippen LogP contribution < -0.4 is 4.74 Å². The lowest BCUT2D eigenvalue weighted by atomic mass is 9.99. The number of rotatable bonds is 2. The topological polar surface area (TPSA) is 35.0 Å². The molecule has 3 heteroatoms. The van der Waals surface area contributed by atoms with Gasteiger partial charge in [-0.05, 0) is 30.5 Å². The standard InChI is InChI=1S/C13H14N2O/c1-9-5-4-6-12(10(9)2)11-7-14-13(16-3)15-8-11/h4-8H,1-3H3. The van der Waals surface area contributed by atoms with Crippen molar-refractivity contribution in [1.82, 2.24) is 9.97 Å². The van der Waals surface area contributed by atoms with Gasteiger partial charge in [0.1, 0.15) is 0 Å². The van der Waals surface area contributed by atoms with Gasteiger partial charge in [0.2, 0.25) is 0 Å². The summed E-state index contributed by atoms with van der Waals surface area (Å²) in [7, 11) is 1.56. The zero-order chi connectivity index (χ0) is 11.5. The zero-order valence-corrected chi connectivity index (χ0v) is 9.69. The summed E-state index contributed by atoms with van der Waals surface area (Å²) in [4.78, 5) is 8.22. The van der Waals surface area contributed by atoms with Gasteiger partial charge in [-0.15, -0.1) is 0 Å². The van der Waals surface area contributed by atoms with E-state index in [0.29, 0.717) is 6.01 Å². The minimum Gasteiger partial charge on any atom is -0.467 e. The summed E-state index contributed by atoms with van der Waals surface area (Å²) in [5.41, 5.74) is 4.72. The summed E-state index contributed by atoms with van der Waals surface area (Å²) >= 11 is 0. The number of aryl methyl sites for hydroxylation is 1. The Balaban J connectivity index is 2.46. The quantitative estimate of drug-likeness (QED) is 0.771. The molecule has 0 aliphatic heterocycles. The smallest absolute Gasteiger partial charge is 0.316 e. The summed E-state index contributed by atoms with van der Waals surface area (Å²) < 4.78 is 4.94. The molecule has 0 spiro atoms. The lowest BCUT2D eigenvalue weighted by Gasteiger charge is -2.08. The molecule has 0 saturated heterocycles. The molecule has 0 bridgehead atoms. The van der Waals surface area contributed by atoms with Gasteiger partial charge < -0.3 is 4.74 Å². The summed E-state index contributed by atoms with van der Waals surface area (Å²) in [5.74, 6) is 0. The molecule has 1 aromatic carbocycles. The van der Waals surface area contributed by atoms with E-state index < -0.39 is 0 Å². The Morgan fingerprint density at radius 1 is 1.06 bits per heavy atom. The molecule has 0 unspecified atom stereocenters. The van der Waals surface area contributed by atoms with Gasteiger partial charge >= 0.3 is 6.01 Å². The van der Waals surface area contributed by atoms with Crippen molar-refractivity contribution >= 4 is 0 Å². The van der Waals surface area contributed by atoms with Gasteiger partial charge in [-0.2, -0.15) is 0 Å². The summed E-state index contributed by atoms with van der Waals surface area (Å²) in [6, 6.07) is 6.62. The molecule has 0 amide bonds. The van der Waals surface area contributed by atoms with Crippen LogP contribution in [0.5, 0.6) is 6.01 Å². The van der Waals surface area contributed by atoms with Gasteiger partial charge in [-0.3, -0.25) is 0 Å². The number of methoxy groups -OCH3 is 1. The first-order valence-electron chi connectivity index (χ1n) is 5.15. The Morgan fingerprint density at radius 3 is 2.38 bits per heavy atom. The van der Waals surface area contributed by atoms with E-state index >= 15 is 0 Å². The van der Waals surface area contributed by atoms with Crippen LogP contribution in [0.15, 0.2) is 30.6 Å². The van der Waals surface area contributed by atoms with E-state index in [2.05, 4.69) is 35.9 Å². The van der Waals surface area contributed by atoms with E-state index in [4.69, 9.17) is 4.74 Å². The third-order valence-electron chi connectivity index (χ3n) is 2.73. The molecule has 16 heavy (non-hydrogen) atoms. The number of ether oxygens (including phenoxy) is 1. The Kier molecular flexibility index (Phi) is 2.86. The van der Waals surface area contributed by atoms with Crippen molar-refractivity contribution in [2.24, 2.45) is 0 Å². The maximum Gasteiger partial charge on any atom is 0.316 e. The number of benzene rings is 1. The second-order valence-corrected chi connectivity index (χ2v) is 3.71. The van der Waals surface area contributed by atoms with E-state index in [1.807, 2.05) is 6.07 Å². The number of hydrogen-bond acceptors (Lipinski definition) is 3. The largest absolute Gasteiger partial charge is 0.467 e. The highest BCUT2D eigenvalue weighted by Gasteiger charge is 2.04. The van der Waals surface area contributed by atoms with E-state index in [0.717, 1.165) is 5.56 Å². The molecule has 3 nitrogen and oxygen atoms in total. The number of hydrogen-bond donors (Lipinski definition) is 0. The van der Waals surface area contributed by atoms with Gasteiger partial charge in [0.15, 0.2) is 0 Å². The maximum absolute atomic E-state index is 4.94. The van der Waals surface area contributed by atoms with E-state index in [1.54, 1.807) is 19.5 Å². The average Bonchev–Trinajstić information content (AvgIpc) is 2.33. The molecular formula is C13H14N2O. The summed E-state index contributed by atoms with van der Waals surface area (Å²) in [6.45, 7) is 4.21. The molecular weight excluding hydrogens is 200 g/mol. The van der Waals surface area contributed by atoms with E-state index in [1.165, 1.54) is 16.7 Å². The highest BCUT2D eigenvalue weighted by Crippen LogP contribution is 2.24. The minimum absolute atomic E-state index is 0.397. The fourth-order valence-corrected chi connectivity index (χ4v) is 1.62. The molecule has 82 valence electrons. The Bertz CT molecular complexity index is 492. The van der Waals surface area contributed by atoms with Crippen LogP contribution in [0.1, 0.15) is 11.1 Å². The van der Waals surface area contributed by atoms with Crippen LogP contribution in [0.2, 0.25) is 0 Å². The highest BCUT2D eigenvalue weighted by molar-refractivity contribution is 5.66. The fraction of sp³-hybridized carbons (Fsp3) is 0.231. The van der Waals surface area contributed by atoms with Gasteiger partial charge in [0.05, 0.1) is 7.11 Å². The van der Waals surface area contributed by atoms with Gasteiger partial charge in [-0.25, -0.2) is 9.97 Å². The average molecular weight is 214 g/mol. The number of nitrogens with zero attached hydrogens (tertiary/aromatic N) is 2. The Morgan fingerprint density at radius 2 is 1.75 bits per heavy atom. The Labute approximate surface area is 95.1 Å². The van der Waals surface area contributed by atoms with Crippen LogP contribution in [-0.2, 0) is 0 Å². The monoisotopic (exact) mass is 214 g/mol. The van der Waals surface area contributed by atoms with Crippen LogP contribution >= 0.6 is 0 Å². The van der Waals surface area contributed by atoms with Crippen LogP contribution in [0.25, 0.3) is 11.1 Å². The van der Waals surface area contributed by atoms with Crippen LogP contribution in [0, 0.1) is 13.8 Å². The maximum atomic E-state index is 4.94. The molecule has 1 aromatic heterocycles. The van der Waals surface area contributed by atoms with E-state index in [9.17, 15) is 0 Å². The first kappa shape index (κ1) is 10.6. The van der Waals surface area contributed by atoms with Gasteiger partial charge in [0.25, 0.3) is 0 Å². The minimum atomic E-state index is 0.397. The molecule has 0 aliphatic carbocycles. The van der Waals surface area contributed by atoms with Crippen LogP contribution in [-0.4, -0.2) is 17.1 Å². The Hall–Kier alpha value is -1.90. The number of aromatic nitrogens is 2. The predicted molar refractivity (Wildman–Crippen MR) is 63.5 cm³/mol. The summed E-state index contributed by atoms with van der Waals surface area (Å²) in [5, 5.41) is 0. The van der Waals surface area contributed by atoms with Crippen molar-refractivity contribution in [1.29, 1.82) is 0 Å². The SMILES string of the molecule is COc1ncc(-c2cccc(C)c2C)cn1. The van der Waals surface area contributed by atoms with Crippen molar-refractivity contribution in [3.05, 3.63) is 41.7 Å². The molecule has 0 N–H and O–H groups in total.